The van der Waals surface area contributed by atoms with Gasteiger partial charge in [-0.2, -0.15) is 0 Å². The second-order valence-electron chi connectivity index (χ2n) is 9.30. The molecular weight excluding hydrogens is 551 g/mol. The molecule has 4 rings (SSSR count). The van der Waals surface area contributed by atoms with Crippen molar-refractivity contribution in [2.45, 2.75) is 20.1 Å². The summed E-state index contributed by atoms with van der Waals surface area (Å²) in [6.07, 6.45) is 3.36. The molecule has 0 saturated carbocycles. The Labute approximate surface area is 245 Å². The summed E-state index contributed by atoms with van der Waals surface area (Å²) >= 11 is 12.2. The number of hydrogen-bond acceptors (Lipinski definition) is 6. The third kappa shape index (κ3) is 7.84. The number of hydrogen-bond donors (Lipinski definition) is 0. The predicted molar refractivity (Wildman–Crippen MR) is 159 cm³/mol. The summed E-state index contributed by atoms with van der Waals surface area (Å²) in [5, 5.41) is 1.10. The van der Waals surface area contributed by atoms with Crippen molar-refractivity contribution < 1.29 is 23.7 Å². The normalized spacial score (nSPS) is 13.9. The van der Waals surface area contributed by atoms with Crippen molar-refractivity contribution in [3.05, 3.63) is 87.4 Å². The van der Waals surface area contributed by atoms with Crippen molar-refractivity contribution in [2.75, 3.05) is 47.0 Å². The van der Waals surface area contributed by atoms with Gasteiger partial charge < -0.3 is 23.8 Å². The number of carbonyl (C=O) groups is 1. The second kappa shape index (κ2) is 14.3. The first kappa shape index (κ1) is 29.6. The van der Waals surface area contributed by atoms with E-state index in [-0.39, 0.29) is 5.91 Å². The van der Waals surface area contributed by atoms with Gasteiger partial charge in [0.05, 0.1) is 30.9 Å². The Balaban J connectivity index is 1.35. The van der Waals surface area contributed by atoms with Gasteiger partial charge in [-0.25, -0.2) is 0 Å². The van der Waals surface area contributed by atoms with Crippen molar-refractivity contribution in [2.24, 2.45) is 0 Å². The molecule has 1 fully saturated rings. The molecule has 212 valence electrons. The summed E-state index contributed by atoms with van der Waals surface area (Å²) in [5.41, 5.74) is 2.86. The Morgan fingerprint density at radius 3 is 2.10 bits per heavy atom. The summed E-state index contributed by atoms with van der Waals surface area (Å²) in [5.74, 6) is 2.32. The highest BCUT2D eigenvalue weighted by atomic mass is 35.5. The summed E-state index contributed by atoms with van der Waals surface area (Å²) in [4.78, 5) is 17.1. The lowest BCUT2D eigenvalue weighted by atomic mass is 10.1. The maximum atomic E-state index is 12.9. The number of carbonyl (C=O) groups excluding carboxylic acids is 1. The fourth-order valence-electron chi connectivity index (χ4n) is 4.44. The predicted octanol–water partition coefficient (Wildman–Crippen LogP) is 6.35. The van der Waals surface area contributed by atoms with Crippen LogP contribution in [0.4, 0.5) is 0 Å². The Hall–Kier alpha value is -3.39. The molecule has 0 radical (unpaired) electrons. The molecule has 1 heterocycles. The number of amides is 1. The van der Waals surface area contributed by atoms with Crippen LogP contribution in [0, 0.1) is 0 Å². The van der Waals surface area contributed by atoms with Crippen molar-refractivity contribution in [1.82, 2.24) is 9.80 Å². The summed E-state index contributed by atoms with van der Waals surface area (Å²) in [6.45, 7) is 6.53. The minimum atomic E-state index is -0.0389. The molecule has 7 nitrogen and oxygen atoms in total. The van der Waals surface area contributed by atoms with Crippen LogP contribution in [0.3, 0.4) is 0 Å². The van der Waals surface area contributed by atoms with E-state index in [2.05, 4.69) is 4.90 Å². The second-order valence-corrected chi connectivity index (χ2v) is 10.1. The quantitative estimate of drug-likeness (QED) is 0.245. The molecule has 0 N–H and O–H groups in total. The fraction of sp³-hybridized carbons (Fsp3) is 0.323. The van der Waals surface area contributed by atoms with E-state index in [1.54, 1.807) is 26.4 Å². The zero-order chi connectivity index (χ0) is 28.5. The van der Waals surface area contributed by atoms with Crippen molar-refractivity contribution in [3.63, 3.8) is 0 Å². The van der Waals surface area contributed by atoms with Crippen LogP contribution in [0.5, 0.6) is 23.0 Å². The van der Waals surface area contributed by atoms with Crippen molar-refractivity contribution in [3.8, 4) is 23.0 Å². The Morgan fingerprint density at radius 1 is 0.850 bits per heavy atom. The summed E-state index contributed by atoms with van der Waals surface area (Å²) in [7, 11) is 3.16. The number of ether oxygens (including phenoxy) is 4. The minimum Gasteiger partial charge on any atom is -0.494 e. The van der Waals surface area contributed by atoms with Gasteiger partial charge in [0.25, 0.3) is 0 Å². The van der Waals surface area contributed by atoms with E-state index >= 15 is 0 Å². The lowest BCUT2D eigenvalue weighted by Gasteiger charge is -2.34. The zero-order valence-corrected chi connectivity index (χ0v) is 24.5. The Kier molecular flexibility index (Phi) is 10.6. The van der Waals surface area contributed by atoms with Gasteiger partial charge in [0, 0.05) is 38.8 Å². The van der Waals surface area contributed by atoms with Gasteiger partial charge in [-0.15, -0.1) is 0 Å². The molecule has 0 unspecified atom stereocenters. The zero-order valence-electron chi connectivity index (χ0n) is 23.0. The highest BCUT2D eigenvalue weighted by molar-refractivity contribution is 6.42. The molecule has 0 aliphatic carbocycles. The van der Waals surface area contributed by atoms with Crippen molar-refractivity contribution >= 4 is 35.2 Å². The molecular formula is C31H34Cl2N2O5. The Morgan fingerprint density at radius 2 is 1.50 bits per heavy atom. The van der Waals surface area contributed by atoms with Crippen LogP contribution in [-0.2, 0) is 17.9 Å². The van der Waals surface area contributed by atoms with E-state index in [1.165, 1.54) is 0 Å². The Bertz CT molecular complexity index is 1300. The van der Waals surface area contributed by atoms with Crippen LogP contribution < -0.4 is 18.9 Å². The van der Waals surface area contributed by atoms with Crippen LogP contribution in [0.2, 0.25) is 10.0 Å². The molecule has 1 saturated heterocycles. The number of piperazine rings is 1. The van der Waals surface area contributed by atoms with E-state index in [0.29, 0.717) is 53.6 Å². The lowest BCUT2D eigenvalue weighted by molar-refractivity contribution is -0.127. The van der Waals surface area contributed by atoms with Crippen LogP contribution in [0.15, 0.2) is 60.7 Å². The monoisotopic (exact) mass is 584 g/mol. The molecule has 0 bridgehead atoms. The van der Waals surface area contributed by atoms with Crippen LogP contribution >= 0.6 is 23.2 Å². The van der Waals surface area contributed by atoms with Gasteiger partial charge in [-0.05, 0) is 66.1 Å². The number of benzene rings is 3. The SMILES string of the molecule is CCOc1ccc(COc2c(OC)cc(C=CC(=O)N3CCN(Cc4ccc(Cl)c(Cl)c4)CC3)cc2OC)cc1. The first-order valence-electron chi connectivity index (χ1n) is 13.1. The molecule has 1 aliphatic rings. The maximum absolute atomic E-state index is 12.9. The molecule has 40 heavy (non-hydrogen) atoms. The van der Waals surface area contributed by atoms with Gasteiger partial charge in [0.1, 0.15) is 12.4 Å². The highest BCUT2D eigenvalue weighted by Gasteiger charge is 2.20. The molecule has 1 aliphatic heterocycles. The molecule has 3 aromatic carbocycles. The van der Waals surface area contributed by atoms with E-state index in [4.69, 9.17) is 42.1 Å². The number of halogens is 2. The van der Waals surface area contributed by atoms with E-state index in [0.717, 1.165) is 42.1 Å². The van der Waals surface area contributed by atoms with Crippen LogP contribution in [0.1, 0.15) is 23.6 Å². The molecule has 1 amide bonds. The lowest BCUT2D eigenvalue weighted by Crippen LogP contribution is -2.47. The maximum Gasteiger partial charge on any atom is 0.246 e. The molecule has 0 atom stereocenters. The average molecular weight is 586 g/mol. The minimum absolute atomic E-state index is 0.0389. The van der Waals surface area contributed by atoms with Gasteiger partial charge in [-0.1, -0.05) is 41.4 Å². The number of methoxy groups -OCH3 is 2. The van der Waals surface area contributed by atoms with Gasteiger partial charge in [0.15, 0.2) is 11.5 Å². The van der Waals surface area contributed by atoms with Gasteiger partial charge >= 0.3 is 0 Å². The third-order valence-corrected chi connectivity index (χ3v) is 7.33. The smallest absolute Gasteiger partial charge is 0.246 e. The largest absolute Gasteiger partial charge is 0.494 e. The van der Waals surface area contributed by atoms with Crippen LogP contribution in [0.25, 0.3) is 6.08 Å². The highest BCUT2D eigenvalue weighted by Crippen LogP contribution is 2.39. The van der Waals surface area contributed by atoms with Crippen LogP contribution in [-0.4, -0.2) is 62.7 Å². The topological polar surface area (TPSA) is 60.5 Å². The summed E-state index contributed by atoms with van der Waals surface area (Å²) in [6, 6.07) is 17.1. The first-order chi connectivity index (χ1) is 19.4. The summed E-state index contributed by atoms with van der Waals surface area (Å²) < 4.78 is 22.7. The molecule has 9 heteroatoms. The third-order valence-electron chi connectivity index (χ3n) is 6.59. The fourth-order valence-corrected chi connectivity index (χ4v) is 4.76. The average Bonchev–Trinajstić information content (AvgIpc) is 2.97. The molecule has 0 spiro atoms. The first-order valence-corrected chi connectivity index (χ1v) is 13.9. The molecule has 0 aromatic heterocycles. The molecule has 3 aromatic rings. The van der Waals surface area contributed by atoms with E-state index in [9.17, 15) is 4.79 Å². The van der Waals surface area contributed by atoms with Gasteiger partial charge in [0.2, 0.25) is 11.7 Å². The van der Waals surface area contributed by atoms with Crippen molar-refractivity contribution in [1.29, 1.82) is 0 Å². The van der Waals surface area contributed by atoms with Gasteiger partial charge in [-0.3, -0.25) is 9.69 Å². The van der Waals surface area contributed by atoms with E-state index < -0.39 is 0 Å². The standard InChI is InChI=1S/C31H34Cl2N2O5/c1-4-39-25-9-5-22(6-10-25)21-40-31-28(37-2)18-23(19-29(31)38-3)8-12-30(36)35-15-13-34(14-16-35)20-24-7-11-26(32)27(33)17-24/h5-12,17-19H,4,13-16,20-21H2,1-3H3. The number of nitrogens with zero attached hydrogens (tertiary/aromatic N) is 2. The number of rotatable bonds is 11. The van der Waals surface area contributed by atoms with E-state index in [1.807, 2.05) is 66.4 Å².